The molecule has 1 atom stereocenters. The molecule has 9 nitrogen and oxygen atoms in total. The van der Waals surface area contributed by atoms with Gasteiger partial charge in [0.25, 0.3) is 11.8 Å². The van der Waals surface area contributed by atoms with E-state index in [2.05, 4.69) is 10.3 Å². The molecule has 1 N–H and O–H groups in total. The number of methoxy groups -OCH3 is 1. The second-order valence-corrected chi connectivity index (χ2v) is 8.62. The number of rotatable bonds is 5. The number of furan rings is 1. The Morgan fingerprint density at radius 2 is 1.74 bits per heavy atom. The van der Waals surface area contributed by atoms with Crippen LogP contribution in [0.5, 0.6) is 5.75 Å². The fourth-order valence-corrected chi connectivity index (χ4v) is 4.66. The molecule has 1 aromatic carbocycles. The molecular formula is C26H26N4O5. The van der Waals surface area contributed by atoms with E-state index in [9.17, 15) is 14.4 Å². The quantitative estimate of drug-likeness (QED) is 0.567. The smallest absolute Gasteiger partial charge is 0.290 e. The highest BCUT2D eigenvalue weighted by Crippen LogP contribution is 2.44. The number of fused-ring (bicyclic) bond motifs is 1. The summed E-state index contributed by atoms with van der Waals surface area (Å²) in [6.45, 7) is 3.48. The number of Topliss-reactive ketones (excluding diaryl/α,β-unsaturated/α-hetero) is 1. The number of ether oxygens (including phenoxy) is 1. The van der Waals surface area contributed by atoms with E-state index in [0.717, 1.165) is 5.76 Å². The third-order valence-corrected chi connectivity index (χ3v) is 6.51. The molecule has 2 amide bonds. The Hall–Kier alpha value is -4.14. The summed E-state index contributed by atoms with van der Waals surface area (Å²) in [6.07, 6.45) is 1.55. The highest BCUT2D eigenvalue weighted by atomic mass is 16.5. The zero-order valence-electron chi connectivity index (χ0n) is 19.6. The van der Waals surface area contributed by atoms with E-state index >= 15 is 0 Å². The first-order chi connectivity index (χ1) is 17.0. The number of carbonyl (C=O) groups excluding carboxylic acids is 3. The Kier molecular flexibility index (Phi) is 5.98. The Labute approximate surface area is 202 Å². The number of piperazine rings is 1. The third-order valence-electron chi connectivity index (χ3n) is 6.51. The normalized spacial score (nSPS) is 17.0. The average Bonchev–Trinajstić information content (AvgIpc) is 3.54. The van der Waals surface area contributed by atoms with Crippen molar-refractivity contribution in [2.45, 2.75) is 12.8 Å². The number of ketones is 1. The topological polar surface area (TPSA) is 105 Å². The van der Waals surface area contributed by atoms with Crippen LogP contribution in [0.15, 0.2) is 53.1 Å². The van der Waals surface area contributed by atoms with Gasteiger partial charge in [-0.2, -0.15) is 0 Å². The van der Waals surface area contributed by atoms with Crippen molar-refractivity contribution < 1.29 is 23.5 Å². The van der Waals surface area contributed by atoms with E-state index in [1.807, 2.05) is 37.3 Å². The summed E-state index contributed by atoms with van der Waals surface area (Å²) in [5.41, 5.74) is 2.44. The van der Waals surface area contributed by atoms with Gasteiger partial charge in [0.1, 0.15) is 17.2 Å². The van der Waals surface area contributed by atoms with Crippen LogP contribution in [-0.4, -0.2) is 72.2 Å². The van der Waals surface area contributed by atoms with Gasteiger partial charge >= 0.3 is 0 Å². The van der Waals surface area contributed by atoms with E-state index in [-0.39, 0.29) is 12.5 Å². The number of aryl methyl sites for hydroxylation is 1. The van der Waals surface area contributed by atoms with Crippen LogP contribution in [-0.2, 0) is 9.59 Å². The SMILES string of the molecule is COc1cnc(-c2ccc(C)o2)c2c1C(C(=O)C(=O)N1CCN(C(=O)c3ccccc3)CC1)CN2. The Bertz CT molecular complexity index is 1280. The van der Waals surface area contributed by atoms with E-state index in [4.69, 9.17) is 9.15 Å². The monoisotopic (exact) mass is 474 g/mol. The summed E-state index contributed by atoms with van der Waals surface area (Å²) in [6, 6.07) is 12.7. The molecule has 0 saturated carbocycles. The van der Waals surface area contributed by atoms with Crippen LogP contribution >= 0.6 is 0 Å². The van der Waals surface area contributed by atoms with E-state index in [1.165, 1.54) is 12.0 Å². The van der Waals surface area contributed by atoms with Crippen LogP contribution in [0.1, 0.15) is 27.6 Å². The molecule has 2 aromatic heterocycles. The van der Waals surface area contributed by atoms with Gasteiger partial charge in [0.2, 0.25) is 5.78 Å². The molecule has 1 saturated heterocycles. The summed E-state index contributed by atoms with van der Waals surface area (Å²) in [5, 5.41) is 3.23. The maximum atomic E-state index is 13.4. The molecule has 0 aliphatic carbocycles. The predicted octanol–water partition coefficient (Wildman–Crippen LogP) is 2.72. The van der Waals surface area contributed by atoms with Crippen molar-refractivity contribution in [3.05, 3.63) is 65.5 Å². The summed E-state index contributed by atoms with van der Waals surface area (Å²) in [7, 11) is 1.51. The largest absolute Gasteiger partial charge is 0.495 e. The first-order valence-corrected chi connectivity index (χ1v) is 11.5. The number of aromatic nitrogens is 1. The number of hydrogen-bond donors (Lipinski definition) is 1. The van der Waals surface area contributed by atoms with E-state index < -0.39 is 17.6 Å². The molecule has 1 unspecified atom stereocenters. The number of carbonyl (C=O) groups is 3. The first-order valence-electron chi connectivity index (χ1n) is 11.5. The molecule has 0 spiro atoms. The maximum Gasteiger partial charge on any atom is 0.290 e. The fourth-order valence-electron chi connectivity index (χ4n) is 4.66. The van der Waals surface area contributed by atoms with Crippen LogP contribution in [0.2, 0.25) is 0 Å². The van der Waals surface area contributed by atoms with Gasteiger partial charge in [0.15, 0.2) is 5.76 Å². The fraction of sp³-hybridized carbons (Fsp3) is 0.308. The lowest BCUT2D eigenvalue weighted by atomic mass is 9.94. The van der Waals surface area contributed by atoms with Crippen LogP contribution in [0.3, 0.4) is 0 Å². The molecule has 2 aliphatic rings. The molecule has 9 heteroatoms. The van der Waals surface area contributed by atoms with Gasteiger partial charge < -0.3 is 24.3 Å². The zero-order chi connectivity index (χ0) is 24.5. The molecule has 35 heavy (non-hydrogen) atoms. The molecule has 5 rings (SSSR count). The van der Waals surface area contributed by atoms with Crippen LogP contribution in [0.25, 0.3) is 11.5 Å². The number of benzene rings is 1. The highest BCUT2D eigenvalue weighted by molar-refractivity contribution is 6.38. The van der Waals surface area contributed by atoms with Crippen molar-refractivity contribution in [2.75, 3.05) is 45.2 Å². The molecule has 0 bridgehead atoms. The van der Waals surface area contributed by atoms with Crippen molar-refractivity contribution in [1.29, 1.82) is 0 Å². The second kappa shape index (κ2) is 9.25. The van der Waals surface area contributed by atoms with Gasteiger partial charge in [0, 0.05) is 43.9 Å². The first kappa shape index (κ1) is 22.6. The Balaban J connectivity index is 1.32. The van der Waals surface area contributed by atoms with Crippen molar-refractivity contribution in [3.63, 3.8) is 0 Å². The lowest BCUT2D eigenvalue weighted by molar-refractivity contribution is -0.146. The minimum Gasteiger partial charge on any atom is -0.495 e. The van der Waals surface area contributed by atoms with Gasteiger partial charge in [-0.05, 0) is 31.2 Å². The minimum atomic E-state index is -0.700. The molecule has 180 valence electrons. The maximum absolute atomic E-state index is 13.4. The third kappa shape index (κ3) is 4.14. The second-order valence-electron chi connectivity index (χ2n) is 8.62. The Morgan fingerprint density at radius 1 is 1.03 bits per heavy atom. The summed E-state index contributed by atoms with van der Waals surface area (Å²) >= 11 is 0. The standard InChI is InChI=1S/C26H26N4O5/c1-16-8-9-19(35-16)22-23-21(20(34-2)15-28-22)18(14-27-23)24(31)26(33)30-12-10-29(11-13-30)25(32)17-6-4-3-5-7-17/h3-9,15,18,27H,10-14H2,1-2H3. The molecule has 2 aliphatic heterocycles. The molecule has 3 aromatic rings. The van der Waals surface area contributed by atoms with Crippen molar-refractivity contribution >= 4 is 23.3 Å². The molecule has 0 radical (unpaired) electrons. The van der Waals surface area contributed by atoms with Gasteiger partial charge in [-0.15, -0.1) is 0 Å². The molecular weight excluding hydrogens is 448 g/mol. The zero-order valence-corrected chi connectivity index (χ0v) is 19.6. The number of nitrogens with one attached hydrogen (secondary N) is 1. The number of pyridine rings is 1. The Morgan fingerprint density at radius 3 is 2.40 bits per heavy atom. The van der Waals surface area contributed by atoms with Crippen LogP contribution < -0.4 is 10.1 Å². The number of amides is 2. The lowest BCUT2D eigenvalue weighted by Crippen LogP contribution is -2.52. The van der Waals surface area contributed by atoms with Crippen LogP contribution in [0.4, 0.5) is 5.69 Å². The minimum absolute atomic E-state index is 0.0733. The number of nitrogens with zero attached hydrogens (tertiary/aromatic N) is 3. The highest BCUT2D eigenvalue weighted by Gasteiger charge is 2.40. The average molecular weight is 475 g/mol. The summed E-state index contributed by atoms with van der Waals surface area (Å²) in [4.78, 5) is 46.9. The van der Waals surface area contributed by atoms with Gasteiger partial charge in [-0.25, -0.2) is 4.98 Å². The predicted molar refractivity (Wildman–Crippen MR) is 128 cm³/mol. The van der Waals surface area contributed by atoms with Crippen molar-refractivity contribution in [3.8, 4) is 17.2 Å². The number of anilines is 1. The van der Waals surface area contributed by atoms with Crippen molar-refractivity contribution in [1.82, 2.24) is 14.8 Å². The molecule has 4 heterocycles. The summed E-state index contributed by atoms with van der Waals surface area (Å²) < 4.78 is 11.2. The van der Waals surface area contributed by atoms with Gasteiger partial charge in [-0.1, -0.05) is 18.2 Å². The van der Waals surface area contributed by atoms with E-state index in [0.29, 0.717) is 60.2 Å². The number of hydrogen-bond acceptors (Lipinski definition) is 7. The van der Waals surface area contributed by atoms with E-state index in [1.54, 1.807) is 23.2 Å². The summed E-state index contributed by atoms with van der Waals surface area (Å²) in [5.74, 6) is -0.0629. The molecule has 1 fully saturated rings. The lowest BCUT2D eigenvalue weighted by Gasteiger charge is -2.34. The van der Waals surface area contributed by atoms with Crippen molar-refractivity contribution in [2.24, 2.45) is 0 Å². The van der Waals surface area contributed by atoms with Gasteiger partial charge in [0.05, 0.1) is 24.9 Å². The van der Waals surface area contributed by atoms with Crippen LogP contribution in [0, 0.1) is 6.92 Å². The van der Waals surface area contributed by atoms with Gasteiger partial charge in [-0.3, -0.25) is 14.4 Å².